The maximum atomic E-state index is 4.73. The van der Waals surface area contributed by atoms with Crippen molar-refractivity contribution in [1.82, 2.24) is 9.97 Å². The van der Waals surface area contributed by atoms with Crippen molar-refractivity contribution >= 4 is 11.8 Å². The third-order valence-electron chi connectivity index (χ3n) is 4.31. The Morgan fingerprint density at radius 2 is 1.62 bits per heavy atom. The molecule has 1 heterocycles. The molecule has 0 aliphatic carbocycles. The maximum absolute atomic E-state index is 4.73. The molecule has 1 aromatic heterocycles. The normalized spacial score (nSPS) is 10.5. The van der Waals surface area contributed by atoms with E-state index in [1.807, 2.05) is 36.4 Å². The highest BCUT2D eigenvalue weighted by molar-refractivity contribution is 5.64. The highest BCUT2D eigenvalue weighted by Gasteiger charge is 2.10. The highest BCUT2D eigenvalue weighted by atomic mass is 15.2. The van der Waals surface area contributed by atoms with Crippen molar-refractivity contribution in [2.24, 2.45) is 0 Å². The summed E-state index contributed by atoms with van der Waals surface area (Å²) in [6, 6.07) is 22.6. The van der Waals surface area contributed by atoms with Crippen LogP contribution in [0.25, 0.3) is 11.3 Å². The first kappa shape index (κ1) is 17.9. The Hall–Kier alpha value is -2.88. The van der Waals surface area contributed by atoms with E-state index in [-0.39, 0.29) is 0 Å². The van der Waals surface area contributed by atoms with Crippen molar-refractivity contribution < 1.29 is 0 Å². The van der Waals surface area contributed by atoms with Gasteiger partial charge in [0.15, 0.2) is 0 Å². The molecule has 134 valence electrons. The summed E-state index contributed by atoms with van der Waals surface area (Å²) in [5, 5.41) is 3.37. The molecular weight excluding hydrogens is 320 g/mol. The third-order valence-corrected chi connectivity index (χ3v) is 4.31. The lowest BCUT2D eigenvalue weighted by Crippen LogP contribution is -2.20. The average Bonchev–Trinajstić information content (AvgIpc) is 2.71. The predicted octanol–water partition coefficient (Wildman–Crippen LogP) is 4.99. The number of rotatable bonds is 8. The number of nitrogens with one attached hydrogen (secondary N) is 1. The van der Waals surface area contributed by atoms with Gasteiger partial charge in [-0.25, -0.2) is 4.98 Å². The molecule has 0 radical (unpaired) electrons. The number of benzene rings is 2. The van der Waals surface area contributed by atoms with Gasteiger partial charge < -0.3 is 10.2 Å². The number of hydrogen-bond acceptors (Lipinski definition) is 4. The van der Waals surface area contributed by atoms with Gasteiger partial charge in [-0.2, -0.15) is 4.98 Å². The standard InChI is InChI=1S/C22H26N4/c1-3-4-15-26(2)21-16-20(19-13-9-6-10-14-19)24-22(25-21)23-17-18-11-7-5-8-12-18/h5-14,16H,3-4,15,17H2,1-2H3,(H,23,24,25). The van der Waals surface area contributed by atoms with Crippen molar-refractivity contribution in [3.05, 3.63) is 72.3 Å². The van der Waals surface area contributed by atoms with Crippen LogP contribution in [0.2, 0.25) is 0 Å². The van der Waals surface area contributed by atoms with E-state index in [9.17, 15) is 0 Å². The van der Waals surface area contributed by atoms with E-state index in [0.29, 0.717) is 12.5 Å². The number of hydrogen-bond donors (Lipinski definition) is 1. The molecule has 0 saturated carbocycles. The minimum absolute atomic E-state index is 0.661. The van der Waals surface area contributed by atoms with Crippen LogP contribution in [0, 0.1) is 0 Å². The van der Waals surface area contributed by atoms with Crippen molar-refractivity contribution in [3.63, 3.8) is 0 Å². The predicted molar refractivity (Wildman–Crippen MR) is 109 cm³/mol. The lowest BCUT2D eigenvalue weighted by molar-refractivity contribution is 0.758. The van der Waals surface area contributed by atoms with Gasteiger partial charge >= 0.3 is 0 Å². The summed E-state index contributed by atoms with van der Waals surface area (Å²) in [7, 11) is 2.09. The zero-order valence-electron chi connectivity index (χ0n) is 15.5. The van der Waals surface area contributed by atoms with E-state index >= 15 is 0 Å². The molecule has 4 heteroatoms. The van der Waals surface area contributed by atoms with E-state index in [4.69, 9.17) is 9.97 Å². The Morgan fingerprint density at radius 1 is 0.923 bits per heavy atom. The van der Waals surface area contributed by atoms with Crippen molar-refractivity contribution in [1.29, 1.82) is 0 Å². The second-order valence-electron chi connectivity index (χ2n) is 6.42. The van der Waals surface area contributed by atoms with Crippen LogP contribution in [0.1, 0.15) is 25.3 Å². The van der Waals surface area contributed by atoms with Gasteiger partial charge in [0, 0.05) is 31.8 Å². The van der Waals surface area contributed by atoms with Gasteiger partial charge in [0.1, 0.15) is 5.82 Å². The zero-order valence-corrected chi connectivity index (χ0v) is 15.5. The molecule has 0 saturated heterocycles. The van der Waals surface area contributed by atoms with Gasteiger partial charge in [-0.3, -0.25) is 0 Å². The second kappa shape index (κ2) is 8.99. The van der Waals surface area contributed by atoms with Gasteiger partial charge in [0.25, 0.3) is 0 Å². The van der Waals surface area contributed by atoms with Crippen LogP contribution < -0.4 is 10.2 Å². The zero-order chi connectivity index (χ0) is 18.2. The molecule has 0 bridgehead atoms. The number of unbranched alkanes of at least 4 members (excludes halogenated alkanes) is 1. The molecule has 0 fully saturated rings. The van der Waals surface area contributed by atoms with Crippen molar-refractivity contribution in [2.45, 2.75) is 26.3 Å². The summed E-state index contributed by atoms with van der Waals surface area (Å²) in [5.74, 6) is 1.61. The Bertz CT molecular complexity index is 803. The molecule has 3 rings (SSSR count). The lowest BCUT2D eigenvalue weighted by Gasteiger charge is -2.19. The Kier molecular flexibility index (Phi) is 6.20. The molecule has 4 nitrogen and oxygen atoms in total. The summed E-state index contributed by atoms with van der Waals surface area (Å²) < 4.78 is 0. The van der Waals surface area contributed by atoms with Crippen LogP contribution >= 0.6 is 0 Å². The molecule has 0 amide bonds. The molecule has 1 N–H and O–H groups in total. The largest absolute Gasteiger partial charge is 0.359 e. The van der Waals surface area contributed by atoms with Crippen LogP contribution in [-0.4, -0.2) is 23.6 Å². The fourth-order valence-corrected chi connectivity index (χ4v) is 2.75. The molecular formula is C22H26N4. The molecule has 2 aromatic carbocycles. The van der Waals surface area contributed by atoms with Gasteiger partial charge in [0.2, 0.25) is 5.95 Å². The third kappa shape index (κ3) is 4.82. The van der Waals surface area contributed by atoms with E-state index < -0.39 is 0 Å². The number of nitrogens with zero attached hydrogens (tertiary/aromatic N) is 3. The summed E-state index contributed by atoms with van der Waals surface area (Å²) in [6.07, 6.45) is 2.31. The van der Waals surface area contributed by atoms with Crippen LogP contribution in [0.15, 0.2) is 66.7 Å². The summed E-state index contributed by atoms with van der Waals surface area (Å²) >= 11 is 0. The number of anilines is 2. The first-order chi connectivity index (χ1) is 12.8. The van der Waals surface area contributed by atoms with Crippen LogP contribution in [0.5, 0.6) is 0 Å². The Morgan fingerprint density at radius 3 is 2.31 bits per heavy atom. The molecule has 0 unspecified atom stereocenters. The first-order valence-electron chi connectivity index (χ1n) is 9.19. The van der Waals surface area contributed by atoms with Gasteiger partial charge in [-0.05, 0) is 12.0 Å². The molecule has 0 aliphatic heterocycles. The van der Waals surface area contributed by atoms with Crippen LogP contribution in [0.3, 0.4) is 0 Å². The van der Waals surface area contributed by atoms with E-state index in [1.165, 1.54) is 12.0 Å². The second-order valence-corrected chi connectivity index (χ2v) is 6.42. The smallest absolute Gasteiger partial charge is 0.225 e. The fraction of sp³-hybridized carbons (Fsp3) is 0.273. The highest BCUT2D eigenvalue weighted by Crippen LogP contribution is 2.23. The minimum Gasteiger partial charge on any atom is -0.359 e. The van der Waals surface area contributed by atoms with Crippen molar-refractivity contribution in [2.75, 3.05) is 23.8 Å². The van der Waals surface area contributed by atoms with E-state index in [1.54, 1.807) is 0 Å². The maximum Gasteiger partial charge on any atom is 0.225 e. The van der Waals surface area contributed by atoms with E-state index in [0.717, 1.165) is 30.0 Å². The van der Waals surface area contributed by atoms with Gasteiger partial charge in [-0.1, -0.05) is 74.0 Å². The minimum atomic E-state index is 0.661. The molecule has 0 spiro atoms. The fourth-order valence-electron chi connectivity index (χ4n) is 2.75. The first-order valence-corrected chi connectivity index (χ1v) is 9.19. The van der Waals surface area contributed by atoms with Gasteiger partial charge in [0.05, 0.1) is 5.69 Å². The topological polar surface area (TPSA) is 41.1 Å². The SMILES string of the molecule is CCCCN(C)c1cc(-c2ccccc2)nc(NCc2ccccc2)n1. The number of aromatic nitrogens is 2. The molecule has 0 aliphatic rings. The summed E-state index contributed by atoms with van der Waals surface area (Å²) in [5.41, 5.74) is 3.25. The molecule has 0 atom stereocenters. The van der Waals surface area contributed by atoms with Crippen LogP contribution in [-0.2, 0) is 6.54 Å². The van der Waals surface area contributed by atoms with Crippen molar-refractivity contribution in [3.8, 4) is 11.3 Å². The van der Waals surface area contributed by atoms with Gasteiger partial charge in [-0.15, -0.1) is 0 Å². The Balaban J connectivity index is 1.87. The summed E-state index contributed by atoms with van der Waals surface area (Å²) in [6.45, 7) is 3.90. The van der Waals surface area contributed by atoms with E-state index in [2.05, 4.69) is 54.5 Å². The average molecular weight is 346 g/mol. The lowest BCUT2D eigenvalue weighted by atomic mass is 10.1. The molecule has 3 aromatic rings. The quantitative estimate of drug-likeness (QED) is 0.624. The molecule has 26 heavy (non-hydrogen) atoms. The van der Waals surface area contributed by atoms with Crippen LogP contribution in [0.4, 0.5) is 11.8 Å². The monoisotopic (exact) mass is 346 g/mol. The Labute approximate surface area is 155 Å². The summed E-state index contributed by atoms with van der Waals surface area (Å²) in [4.78, 5) is 11.7.